The van der Waals surface area contributed by atoms with Gasteiger partial charge in [-0.3, -0.25) is 9.20 Å². The zero-order valence-electron chi connectivity index (χ0n) is 22.8. The van der Waals surface area contributed by atoms with Crippen LogP contribution in [-0.2, 0) is 19.7 Å². The van der Waals surface area contributed by atoms with E-state index in [1.54, 1.807) is 29.3 Å². The molecule has 2 aromatic heterocycles. The lowest BCUT2D eigenvalue weighted by Crippen LogP contribution is -2.43. The second-order valence-corrected chi connectivity index (χ2v) is 11.9. The largest absolute Gasteiger partial charge is 0.490 e. The van der Waals surface area contributed by atoms with Crippen LogP contribution in [0.2, 0.25) is 0 Å². The normalized spacial score (nSPS) is 20.2. The number of nitrogens with one attached hydrogen (secondary N) is 1. The lowest BCUT2D eigenvalue weighted by atomic mass is 10.0. The third kappa shape index (κ3) is 6.45. The van der Waals surface area contributed by atoms with E-state index >= 15 is 0 Å². The highest BCUT2D eigenvalue weighted by molar-refractivity contribution is 7.87. The molecule has 14 heteroatoms. The van der Waals surface area contributed by atoms with Gasteiger partial charge in [-0.25, -0.2) is 18.5 Å². The Hall–Kier alpha value is -3.33. The van der Waals surface area contributed by atoms with Crippen molar-refractivity contribution in [3.63, 3.8) is 0 Å². The van der Waals surface area contributed by atoms with Crippen LogP contribution in [0.25, 0.3) is 5.65 Å². The summed E-state index contributed by atoms with van der Waals surface area (Å²) in [6.07, 6.45) is 3.13. The van der Waals surface area contributed by atoms with Crippen molar-refractivity contribution in [3.8, 4) is 5.75 Å². The molecule has 2 aliphatic heterocycles. The summed E-state index contributed by atoms with van der Waals surface area (Å²) in [6, 6.07) is 7.14. The van der Waals surface area contributed by atoms with Gasteiger partial charge < -0.3 is 19.1 Å². The molecule has 2 atom stereocenters. The maximum atomic E-state index is 14.9. The molecular weight excluding hydrogens is 560 g/mol. The number of pyridine rings is 1. The average Bonchev–Trinajstić information content (AvgIpc) is 3.56. The lowest BCUT2D eigenvalue weighted by Gasteiger charge is -2.30. The maximum Gasteiger partial charge on any atom is 0.303 e. The van der Waals surface area contributed by atoms with E-state index in [1.165, 1.54) is 36.9 Å². The second kappa shape index (κ2) is 12.3. The number of rotatable bonds is 10. The molecule has 2 unspecified atom stereocenters. The minimum atomic E-state index is -4.13. The van der Waals surface area contributed by atoms with E-state index in [9.17, 15) is 22.0 Å². The van der Waals surface area contributed by atoms with Crippen LogP contribution in [-0.4, -0.2) is 87.4 Å². The number of carbonyl (C=O) groups is 1. The fourth-order valence-electron chi connectivity index (χ4n) is 5.12. The molecule has 5 rings (SSSR count). The van der Waals surface area contributed by atoms with Crippen LogP contribution in [0.4, 0.5) is 14.5 Å². The topological polar surface area (TPSA) is 115 Å². The highest BCUT2D eigenvalue weighted by Crippen LogP contribution is 2.42. The maximum absolute atomic E-state index is 14.9. The van der Waals surface area contributed by atoms with E-state index in [1.807, 2.05) is 4.72 Å². The van der Waals surface area contributed by atoms with Crippen LogP contribution < -0.4 is 14.4 Å². The molecule has 2 aliphatic rings. The molecule has 1 amide bonds. The van der Waals surface area contributed by atoms with Crippen molar-refractivity contribution in [1.82, 2.24) is 18.4 Å². The second-order valence-electron chi connectivity index (χ2n) is 10.1. The molecule has 0 bridgehead atoms. The van der Waals surface area contributed by atoms with E-state index in [4.69, 9.17) is 14.2 Å². The van der Waals surface area contributed by atoms with E-state index in [0.717, 1.165) is 4.31 Å². The number of likely N-dealkylation sites (N-methyl/N-ethyl adjacent to an activating group) is 1. The Labute approximate surface area is 237 Å². The smallest absolute Gasteiger partial charge is 0.303 e. The minimum absolute atomic E-state index is 0.0209. The summed E-state index contributed by atoms with van der Waals surface area (Å²) in [5.41, 5.74) is 1.46. The number of hydrogen-bond donors (Lipinski definition) is 1. The Balaban J connectivity index is 1.43. The van der Waals surface area contributed by atoms with Crippen LogP contribution in [0.1, 0.15) is 41.4 Å². The molecule has 0 saturated carbocycles. The molecule has 0 aliphatic carbocycles. The van der Waals surface area contributed by atoms with Crippen LogP contribution in [0.15, 0.2) is 42.7 Å². The Morgan fingerprint density at radius 2 is 2.02 bits per heavy atom. The zero-order valence-corrected chi connectivity index (χ0v) is 23.6. The summed E-state index contributed by atoms with van der Waals surface area (Å²) in [5.74, 6) is -0.839. The average molecular weight is 594 g/mol. The number of anilines is 1. The van der Waals surface area contributed by atoms with Gasteiger partial charge in [-0.05, 0) is 30.3 Å². The zero-order chi connectivity index (χ0) is 29.1. The van der Waals surface area contributed by atoms with Crippen LogP contribution in [0.5, 0.6) is 5.75 Å². The Bertz CT molecular complexity index is 1500. The Morgan fingerprint density at radius 3 is 2.78 bits per heavy atom. The summed E-state index contributed by atoms with van der Waals surface area (Å²) >= 11 is 0. The fourth-order valence-corrected chi connectivity index (χ4v) is 5.93. The molecule has 222 valence electrons. The molecule has 4 heterocycles. The van der Waals surface area contributed by atoms with Gasteiger partial charge in [0.05, 0.1) is 37.7 Å². The first-order valence-corrected chi connectivity index (χ1v) is 14.8. The van der Waals surface area contributed by atoms with Crippen molar-refractivity contribution in [3.05, 3.63) is 59.8 Å². The van der Waals surface area contributed by atoms with Gasteiger partial charge in [0, 0.05) is 58.3 Å². The lowest BCUT2D eigenvalue weighted by molar-refractivity contribution is 0.0250. The van der Waals surface area contributed by atoms with Gasteiger partial charge in [-0.1, -0.05) is 0 Å². The molecule has 1 N–H and O–H groups in total. The van der Waals surface area contributed by atoms with E-state index in [-0.39, 0.29) is 37.9 Å². The van der Waals surface area contributed by atoms with Crippen molar-refractivity contribution in [2.75, 3.05) is 52.0 Å². The third-order valence-corrected chi connectivity index (χ3v) is 8.79. The predicted molar refractivity (Wildman–Crippen MR) is 147 cm³/mol. The molecule has 3 aromatic rings. The SMILES string of the molecule is COCCN(C)S(=O)(=O)NC(=O)c1cnc2ccc(N3CC(F)CC3c3cc(F)ccc3OC3CCOCC3)cn12. The highest BCUT2D eigenvalue weighted by atomic mass is 32.2. The first-order chi connectivity index (χ1) is 19.7. The fraction of sp³-hybridized carbons (Fsp3) is 0.481. The van der Waals surface area contributed by atoms with Crippen LogP contribution in [0, 0.1) is 5.82 Å². The summed E-state index contributed by atoms with van der Waals surface area (Å²) in [6.45, 7) is 1.41. The van der Waals surface area contributed by atoms with Gasteiger partial charge in [0.2, 0.25) is 0 Å². The van der Waals surface area contributed by atoms with Gasteiger partial charge >= 0.3 is 10.2 Å². The van der Waals surface area contributed by atoms with Gasteiger partial charge in [-0.15, -0.1) is 0 Å². The molecule has 0 radical (unpaired) electrons. The van der Waals surface area contributed by atoms with Gasteiger partial charge in [-0.2, -0.15) is 12.7 Å². The number of methoxy groups -OCH3 is 1. The molecule has 11 nitrogen and oxygen atoms in total. The number of fused-ring (bicyclic) bond motifs is 1. The number of carbonyl (C=O) groups excluding carboxylic acids is 1. The van der Waals surface area contributed by atoms with Crippen LogP contribution >= 0.6 is 0 Å². The highest BCUT2D eigenvalue weighted by Gasteiger charge is 2.36. The van der Waals surface area contributed by atoms with Crippen molar-refractivity contribution in [2.24, 2.45) is 0 Å². The van der Waals surface area contributed by atoms with Crippen molar-refractivity contribution < 1.29 is 36.2 Å². The number of aromatic nitrogens is 2. The summed E-state index contributed by atoms with van der Waals surface area (Å²) in [7, 11) is -1.36. The molecule has 2 saturated heterocycles. The van der Waals surface area contributed by atoms with Gasteiger partial charge in [0.1, 0.15) is 35.2 Å². The van der Waals surface area contributed by atoms with Gasteiger partial charge in [0.25, 0.3) is 5.91 Å². The molecule has 41 heavy (non-hydrogen) atoms. The summed E-state index contributed by atoms with van der Waals surface area (Å²) in [5, 5.41) is 0. The Morgan fingerprint density at radius 1 is 1.24 bits per heavy atom. The monoisotopic (exact) mass is 593 g/mol. The first-order valence-electron chi connectivity index (χ1n) is 13.4. The number of amides is 1. The molecule has 1 aromatic carbocycles. The van der Waals surface area contributed by atoms with Crippen molar-refractivity contribution >= 4 is 27.5 Å². The van der Waals surface area contributed by atoms with E-state index in [0.29, 0.717) is 48.7 Å². The molecule has 0 spiro atoms. The quantitative estimate of drug-likeness (QED) is 0.382. The predicted octanol–water partition coefficient (Wildman–Crippen LogP) is 2.87. The number of alkyl halides is 1. The van der Waals surface area contributed by atoms with E-state index in [2.05, 4.69) is 4.98 Å². The van der Waals surface area contributed by atoms with Crippen LogP contribution in [0.3, 0.4) is 0 Å². The van der Waals surface area contributed by atoms with E-state index < -0.39 is 34.1 Å². The number of imidazole rings is 1. The number of benzene rings is 1. The molecule has 2 fully saturated rings. The van der Waals surface area contributed by atoms with Crippen molar-refractivity contribution in [2.45, 2.75) is 37.6 Å². The number of nitrogens with zero attached hydrogens (tertiary/aromatic N) is 4. The number of hydrogen-bond acceptors (Lipinski definition) is 8. The summed E-state index contributed by atoms with van der Waals surface area (Å²) < 4.78 is 75.6. The number of ether oxygens (including phenoxy) is 3. The molecular formula is C27H33F2N5O6S. The Kier molecular flexibility index (Phi) is 8.73. The number of halogens is 2. The van der Waals surface area contributed by atoms with Gasteiger partial charge in [0.15, 0.2) is 0 Å². The first kappa shape index (κ1) is 29.2. The van der Waals surface area contributed by atoms with Crippen molar-refractivity contribution in [1.29, 1.82) is 0 Å². The summed E-state index contributed by atoms with van der Waals surface area (Å²) in [4.78, 5) is 19.0. The standard InChI is InChI=1S/C27H33F2N5O6S/c1-32(9-12-38-2)41(36,37)31-27(35)24-15-30-26-6-4-20(17-34(24)26)33-16-19(29)14-23(33)22-13-18(28)3-5-25(22)40-21-7-10-39-11-8-21/h3-6,13,15,17,19,21,23H,7-12,14,16H2,1-2H3,(H,31,35). The minimum Gasteiger partial charge on any atom is -0.490 e. The third-order valence-electron chi connectivity index (χ3n) is 7.34.